The summed E-state index contributed by atoms with van der Waals surface area (Å²) in [6.07, 6.45) is 1.09. The Balaban J connectivity index is 2.74. The molecule has 0 amide bonds. The van der Waals surface area contributed by atoms with E-state index in [0.29, 0.717) is 5.92 Å². The Bertz CT molecular complexity index is 325. The molecule has 0 aliphatic rings. The molecule has 0 aliphatic carbocycles. The van der Waals surface area contributed by atoms with Crippen LogP contribution in [-0.2, 0) is 0 Å². The fraction of sp³-hybridized carbons (Fsp3) is 0.538. The van der Waals surface area contributed by atoms with Crippen LogP contribution >= 0.6 is 24.2 Å². The van der Waals surface area contributed by atoms with Gasteiger partial charge in [0.1, 0.15) is 5.75 Å². The Hall–Kier alpha value is -0.340. The average molecular weight is 259 g/mol. The lowest BCUT2D eigenvalue weighted by molar-refractivity contribution is 0.256. The molecule has 1 nitrogen and oxygen atoms in total. The topological polar surface area (TPSA) is 9.23 Å². The van der Waals surface area contributed by atoms with Crippen LogP contribution in [0, 0.1) is 19.8 Å². The van der Waals surface area contributed by atoms with Crippen LogP contribution in [-0.4, -0.2) is 12.4 Å². The van der Waals surface area contributed by atoms with Crippen molar-refractivity contribution in [2.45, 2.75) is 27.2 Å². The first-order valence-corrected chi connectivity index (χ1v) is 6.59. The molecular formula is C13H19ClOS. The van der Waals surface area contributed by atoms with Gasteiger partial charge in [0.15, 0.2) is 0 Å². The first-order valence-electron chi connectivity index (χ1n) is 5.58. The number of thiol groups is 1. The molecule has 1 rings (SSSR count). The largest absolute Gasteiger partial charge is 0.493 e. The second-order valence-electron chi connectivity index (χ2n) is 4.14. The standard InChI is InChI=1S/C13H19ClOS/c1-4-11(8-16)7-15-13-9(2)5-12(14)6-10(13)3/h5-6,11,16H,4,7-8H2,1-3H3. The molecule has 16 heavy (non-hydrogen) atoms. The van der Waals surface area contributed by atoms with E-state index in [1.54, 1.807) is 0 Å². The summed E-state index contributed by atoms with van der Waals surface area (Å²) in [5, 5.41) is 0.767. The average Bonchev–Trinajstić information content (AvgIpc) is 2.22. The Morgan fingerprint density at radius 3 is 2.31 bits per heavy atom. The van der Waals surface area contributed by atoms with Gasteiger partial charge in [0, 0.05) is 10.9 Å². The van der Waals surface area contributed by atoms with E-state index in [1.807, 2.05) is 26.0 Å². The maximum absolute atomic E-state index is 5.97. The van der Waals surface area contributed by atoms with Gasteiger partial charge in [-0.1, -0.05) is 18.5 Å². The van der Waals surface area contributed by atoms with Gasteiger partial charge in [-0.25, -0.2) is 0 Å². The zero-order valence-electron chi connectivity index (χ0n) is 10.1. The summed E-state index contributed by atoms with van der Waals surface area (Å²) in [7, 11) is 0. The second kappa shape index (κ2) is 6.41. The van der Waals surface area contributed by atoms with E-state index in [0.717, 1.165) is 40.7 Å². The van der Waals surface area contributed by atoms with E-state index in [2.05, 4.69) is 19.6 Å². The smallest absolute Gasteiger partial charge is 0.125 e. The second-order valence-corrected chi connectivity index (χ2v) is 4.94. The van der Waals surface area contributed by atoms with Gasteiger partial charge in [0.05, 0.1) is 6.61 Å². The highest BCUT2D eigenvalue weighted by Gasteiger charge is 2.09. The predicted molar refractivity (Wildman–Crippen MR) is 74.1 cm³/mol. The zero-order chi connectivity index (χ0) is 12.1. The molecule has 0 saturated heterocycles. The molecule has 1 atom stereocenters. The number of halogens is 1. The summed E-state index contributed by atoms with van der Waals surface area (Å²) in [6.45, 7) is 6.93. The van der Waals surface area contributed by atoms with Crippen molar-refractivity contribution in [1.82, 2.24) is 0 Å². The maximum atomic E-state index is 5.97. The molecule has 0 fully saturated rings. The molecule has 0 radical (unpaired) electrons. The molecule has 0 bridgehead atoms. The van der Waals surface area contributed by atoms with Gasteiger partial charge in [-0.15, -0.1) is 0 Å². The van der Waals surface area contributed by atoms with Crippen LogP contribution in [0.2, 0.25) is 5.02 Å². The number of benzene rings is 1. The number of rotatable bonds is 5. The van der Waals surface area contributed by atoms with E-state index in [-0.39, 0.29) is 0 Å². The summed E-state index contributed by atoms with van der Waals surface area (Å²) in [6, 6.07) is 3.87. The first kappa shape index (κ1) is 13.7. The van der Waals surface area contributed by atoms with Gasteiger partial charge in [0.2, 0.25) is 0 Å². The minimum atomic E-state index is 0.512. The molecule has 90 valence electrons. The van der Waals surface area contributed by atoms with Crippen LogP contribution in [0.3, 0.4) is 0 Å². The van der Waals surface area contributed by atoms with Crippen molar-refractivity contribution in [3.8, 4) is 5.75 Å². The van der Waals surface area contributed by atoms with Crippen molar-refractivity contribution in [1.29, 1.82) is 0 Å². The molecule has 1 aromatic carbocycles. The third-order valence-electron chi connectivity index (χ3n) is 2.72. The minimum Gasteiger partial charge on any atom is -0.493 e. The van der Waals surface area contributed by atoms with Crippen LogP contribution in [0.25, 0.3) is 0 Å². The normalized spacial score (nSPS) is 12.6. The Labute approximate surface area is 109 Å². The number of ether oxygens (including phenoxy) is 1. The summed E-state index contributed by atoms with van der Waals surface area (Å²) < 4.78 is 5.86. The predicted octanol–water partition coefficient (Wildman–Crippen LogP) is 4.29. The van der Waals surface area contributed by atoms with E-state index in [9.17, 15) is 0 Å². The Morgan fingerprint density at radius 2 is 1.88 bits per heavy atom. The van der Waals surface area contributed by atoms with Gasteiger partial charge in [-0.05, 0) is 49.3 Å². The molecule has 0 spiro atoms. The summed E-state index contributed by atoms with van der Waals surface area (Å²) in [5.74, 6) is 2.34. The van der Waals surface area contributed by atoms with E-state index < -0.39 is 0 Å². The molecular weight excluding hydrogens is 240 g/mol. The summed E-state index contributed by atoms with van der Waals surface area (Å²) in [5.41, 5.74) is 2.19. The van der Waals surface area contributed by atoms with Crippen LogP contribution in [0.15, 0.2) is 12.1 Å². The fourth-order valence-corrected chi connectivity index (χ4v) is 2.32. The van der Waals surface area contributed by atoms with Crippen LogP contribution in [0.5, 0.6) is 5.75 Å². The molecule has 0 aromatic heterocycles. The SMILES string of the molecule is CCC(CS)COc1c(C)cc(Cl)cc1C. The van der Waals surface area contributed by atoms with E-state index in [4.69, 9.17) is 16.3 Å². The van der Waals surface area contributed by atoms with E-state index >= 15 is 0 Å². The number of hydrogen-bond donors (Lipinski definition) is 1. The van der Waals surface area contributed by atoms with Crippen molar-refractivity contribution in [2.75, 3.05) is 12.4 Å². The van der Waals surface area contributed by atoms with Crippen LogP contribution < -0.4 is 4.74 Å². The van der Waals surface area contributed by atoms with Crippen LogP contribution in [0.1, 0.15) is 24.5 Å². The van der Waals surface area contributed by atoms with Crippen molar-refractivity contribution in [3.05, 3.63) is 28.3 Å². The highest BCUT2D eigenvalue weighted by molar-refractivity contribution is 7.80. The zero-order valence-corrected chi connectivity index (χ0v) is 11.7. The molecule has 1 unspecified atom stereocenters. The third-order valence-corrected chi connectivity index (χ3v) is 3.46. The summed E-state index contributed by atoms with van der Waals surface area (Å²) in [4.78, 5) is 0. The Morgan fingerprint density at radius 1 is 1.31 bits per heavy atom. The van der Waals surface area contributed by atoms with Crippen molar-refractivity contribution < 1.29 is 4.74 Å². The Kier molecular flexibility index (Phi) is 5.50. The fourth-order valence-electron chi connectivity index (χ4n) is 1.63. The molecule has 1 aromatic rings. The molecule has 0 aliphatic heterocycles. The lowest BCUT2D eigenvalue weighted by Gasteiger charge is -2.17. The van der Waals surface area contributed by atoms with Crippen molar-refractivity contribution >= 4 is 24.2 Å². The lowest BCUT2D eigenvalue weighted by atomic mass is 10.1. The van der Waals surface area contributed by atoms with Gasteiger partial charge >= 0.3 is 0 Å². The molecule has 3 heteroatoms. The van der Waals surface area contributed by atoms with Crippen LogP contribution in [0.4, 0.5) is 0 Å². The number of aryl methyl sites for hydroxylation is 2. The van der Waals surface area contributed by atoms with E-state index in [1.165, 1.54) is 0 Å². The van der Waals surface area contributed by atoms with Gasteiger partial charge < -0.3 is 4.74 Å². The number of hydrogen-bond acceptors (Lipinski definition) is 2. The van der Waals surface area contributed by atoms with Crippen molar-refractivity contribution in [3.63, 3.8) is 0 Å². The molecule has 0 heterocycles. The monoisotopic (exact) mass is 258 g/mol. The quantitative estimate of drug-likeness (QED) is 0.775. The third kappa shape index (κ3) is 3.60. The first-order chi connectivity index (χ1) is 7.58. The minimum absolute atomic E-state index is 0.512. The lowest BCUT2D eigenvalue weighted by Crippen LogP contribution is -2.13. The molecule has 0 saturated carbocycles. The maximum Gasteiger partial charge on any atom is 0.125 e. The highest BCUT2D eigenvalue weighted by Crippen LogP contribution is 2.27. The summed E-state index contributed by atoms with van der Waals surface area (Å²) >= 11 is 10.3. The van der Waals surface area contributed by atoms with Gasteiger partial charge in [-0.3, -0.25) is 0 Å². The molecule has 0 N–H and O–H groups in total. The van der Waals surface area contributed by atoms with Crippen molar-refractivity contribution in [2.24, 2.45) is 5.92 Å². The van der Waals surface area contributed by atoms with Gasteiger partial charge in [-0.2, -0.15) is 12.6 Å². The highest BCUT2D eigenvalue weighted by atomic mass is 35.5. The van der Waals surface area contributed by atoms with Gasteiger partial charge in [0.25, 0.3) is 0 Å².